The summed E-state index contributed by atoms with van der Waals surface area (Å²) >= 11 is 1.03. The standard InChI is InChI=1S/C13H15FN2O4S/c1-8(17)15-11(13(19)20)6-21-7-12(18)16-10-5-3-2-4-9(10)14/h2-5,11H,6-7H2,1H3,(H,15,17)(H,16,18)(H,19,20)/t11-/m0/s1. The van der Waals surface area contributed by atoms with Crippen LogP contribution in [0, 0.1) is 5.82 Å². The van der Waals surface area contributed by atoms with Crippen LogP contribution in [0.3, 0.4) is 0 Å². The van der Waals surface area contributed by atoms with Crippen molar-refractivity contribution < 1.29 is 23.9 Å². The molecule has 1 aromatic carbocycles. The van der Waals surface area contributed by atoms with Crippen molar-refractivity contribution in [1.82, 2.24) is 5.32 Å². The van der Waals surface area contributed by atoms with Gasteiger partial charge in [0.1, 0.15) is 11.9 Å². The van der Waals surface area contributed by atoms with Gasteiger partial charge in [0.2, 0.25) is 11.8 Å². The number of nitrogens with one attached hydrogen (secondary N) is 2. The predicted octanol–water partition coefficient (Wildman–Crippen LogP) is 1.09. The molecule has 0 aliphatic carbocycles. The summed E-state index contributed by atoms with van der Waals surface area (Å²) in [6.45, 7) is 1.21. The molecule has 0 saturated heterocycles. The van der Waals surface area contributed by atoms with Gasteiger partial charge in [0.05, 0.1) is 11.4 Å². The lowest BCUT2D eigenvalue weighted by atomic mass is 10.3. The molecule has 114 valence electrons. The maximum atomic E-state index is 13.3. The Bertz CT molecular complexity index is 539. The van der Waals surface area contributed by atoms with Crippen molar-refractivity contribution in [2.75, 3.05) is 16.8 Å². The first-order chi connectivity index (χ1) is 9.90. The molecule has 0 saturated carbocycles. The fourth-order valence-corrected chi connectivity index (χ4v) is 2.28. The van der Waals surface area contributed by atoms with Crippen LogP contribution in [0.2, 0.25) is 0 Å². The van der Waals surface area contributed by atoms with E-state index in [1.165, 1.54) is 25.1 Å². The van der Waals surface area contributed by atoms with Crippen molar-refractivity contribution in [2.45, 2.75) is 13.0 Å². The summed E-state index contributed by atoms with van der Waals surface area (Å²) in [5.74, 6) is -2.63. The smallest absolute Gasteiger partial charge is 0.327 e. The molecular formula is C13H15FN2O4S. The van der Waals surface area contributed by atoms with Crippen LogP contribution >= 0.6 is 11.8 Å². The summed E-state index contributed by atoms with van der Waals surface area (Å²) in [5, 5.41) is 13.5. The molecule has 1 rings (SSSR count). The van der Waals surface area contributed by atoms with Gasteiger partial charge in [-0.1, -0.05) is 12.1 Å². The van der Waals surface area contributed by atoms with Gasteiger partial charge in [-0.3, -0.25) is 9.59 Å². The highest BCUT2D eigenvalue weighted by Crippen LogP contribution is 2.13. The van der Waals surface area contributed by atoms with Gasteiger partial charge in [0.15, 0.2) is 0 Å². The average Bonchev–Trinajstić information content (AvgIpc) is 2.39. The van der Waals surface area contributed by atoms with Gasteiger partial charge in [0, 0.05) is 12.7 Å². The summed E-state index contributed by atoms with van der Waals surface area (Å²) in [7, 11) is 0. The zero-order chi connectivity index (χ0) is 15.8. The zero-order valence-electron chi connectivity index (χ0n) is 11.3. The number of carbonyl (C=O) groups excluding carboxylic acids is 2. The maximum absolute atomic E-state index is 13.3. The molecule has 0 aromatic heterocycles. The van der Waals surface area contributed by atoms with Crippen LogP contribution in [0.25, 0.3) is 0 Å². The number of para-hydroxylation sites is 1. The summed E-state index contributed by atoms with van der Waals surface area (Å²) in [5.41, 5.74) is 0.0692. The monoisotopic (exact) mass is 314 g/mol. The second-order valence-electron chi connectivity index (χ2n) is 4.13. The van der Waals surface area contributed by atoms with E-state index in [0.29, 0.717) is 0 Å². The lowest BCUT2D eigenvalue weighted by molar-refractivity contribution is -0.140. The Labute approximate surface area is 125 Å². The van der Waals surface area contributed by atoms with Gasteiger partial charge in [0.25, 0.3) is 0 Å². The predicted molar refractivity (Wildman–Crippen MR) is 77.6 cm³/mol. The number of benzene rings is 1. The van der Waals surface area contributed by atoms with E-state index in [4.69, 9.17) is 5.11 Å². The molecule has 0 radical (unpaired) electrons. The third kappa shape index (κ3) is 6.26. The summed E-state index contributed by atoms with van der Waals surface area (Å²) < 4.78 is 13.3. The third-order valence-corrected chi connectivity index (χ3v) is 3.38. The first-order valence-electron chi connectivity index (χ1n) is 6.02. The number of carboxylic acid groups (broad SMARTS) is 1. The van der Waals surface area contributed by atoms with E-state index < -0.39 is 29.6 Å². The second-order valence-corrected chi connectivity index (χ2v) is 5.16. The Morgan fingerprint density at radius 3 is 2.57 bits per heavy atom. The minimum atomic E-state index is -1.17. The van der Waals surface area contributed by atoms with Crippen LogP contribution in [-0.2, 0) is 14.4 Å². The van der Waals surface area contributed by atoms with Crippen LogP contribution in [-0.4, -0.2) is 40.4 Å². The number of thioether (sulfide) groups is 1. The Hall–Kier alpha value is -2.09. The lowest BCUT2D eigenvalue weighted by Crippen LogP contribution is -2.41. The molecule has 0 unspecified atom stereocenters. The highest BCUT2D eigenvalue weighted by molar-refractivity contribution is 8.00. The van der Waals surface area contributed by atoms with E-state index in [2.05, 4.69) is 10.6 Å². The number of carbonyl (C=O) groups is 3. The van der Waals surface area contributed by atoms with E-state index in [1.807, 2.05) is 0 Å². The fraction of sp³-hybridized carbons (Fsp3) is 0.308. The number of amides is 2. The number of hydrogen-bond acceptors (Lipinski definition) is 4. The average molecular weight is 314 g/mol. The molecule has 1 aromatic rings. The first-order valence-corrected chi connectivity index (χ1v) is 7.17. The molecule has 0 heterocycles. The molecule has 0 aliphatic rings. The molecule has 0 spiro atoms. The Balaban J connectivity index is 2.41. The number of rotatable bonds is 7. The molecule has 8 heteroatoms. The molecule has 0 fully saturated rings. The van der Waals surface area contributed by atoms with Crippen molar-refractivity contribution in [3.8, 4) is 0 Å². The van der Waals surface area contributed by atoms with Crippen molar-refractivity contribution >= 4 is 35.2 Å². The topological polar surface area (TPSA) is 95.5 Å². The summed E-state index contributed by atoms with van der Waals surface area (Å²) in [4.78, 5) is 33.3. The second kappa shape index (κ2) is 8.25. The normalized spacial score (nSPS) is 11.5. The van der Waals surface area contributed by atoms with Gasteiger partial charge in [-0.2, -0.15) is 0 Å². The van der Waals surface area contributed by atoms with E-state index in [0.717, 1.165) is 11.8 Å². The van der Waals surface area contributed by atoms with E-state index in [-0.39, 0.29) is 17.2 Å². The van der Waals surface area contributed by atoms with Gasteiger partial charge >= 0.3 is 5.97 Å². The summed E-state index contributed by atoms with van der Waals surface area (Å²) in [6.07, 6.45) is 0. The van der Waals surface area contributed by atoms with Gasteiger partial charge in [-0.15, -0.1) is 11.8 Å². The van der Waals surface area contributed by atoms with E-state index in [9.17, 15) is 18.8 Å². The van der Waals surface area contributed by atoms with Crippen LogP contribution < -0.4 is 10.6 Å². The number of carboxylic acids is 1. The lowest BCUT2D eigenvalue weighted by Gasteiger charge is -2.12. The minimum absolute atomic E-state index is 0.0413. The molecule has 1 atom stereocenters. The number of halogens is 1. The van der Waals surface area contributed by atoms with Crippen molar-refractivity contribution in [3.63, 3.8) is 0 Å². The van der Waals surface area contributed by atoms with Crippen LogP contribution in [0.1, 0.15) is 6.92 Å². The van der Waals surface area contributed by atoms with Gasteiger partial charge in [-0.25, -0.2) is 9.18 Å². The first kappa shape index (κ1) is 17.0. The van der Waals surface area contributed by atoms with Crippen LogP contribution in [0.4, 0.5) is 10.1 Å². The van der Waals surface area contributed by atoms with Gasteiger partial charge in [-0.05, 0) is 12.1 Å². The number of aliphatic carboxylic acids is 1. The Kier molecular flexibility index (Phi) is 6.67. The molecule has 2 amide bonds. The molecule has 21 heavy (non-hydrogen) atoms. The van der Waals surface area contributed by atoms with Crippen molar-refractivity contribution in [3.05, 3.63) is 30.1 Å². The van der Waals surface area contributed by atoms with Crippen molar-refractivity contribution in [1.29, 1.82) is 0 Å². The van der Waals surface area contributed by atoms with Crippen LogP contribution in [0.15, 0.2) is 24.3 Å². The largest absolute Gasteiger partial charge is 0.480 e. The maximum Gasteiger partial charge on any atom is 0.327 e. The van der Waals surface area contributed by atoms with Gasteiger partial charge < -0.3 is 15.7 Å². The quantitative estimate of drug-likeness (QED) is 0.700. The highest BCUT2D eigenvalue weighted by atomic mass is 32.2. The molecule has 6 nitrogen and oxygen atoms in total. The number of hydrogen-bond donors (Lipinski definition) is 3. The Morgan fingerprint density at radius 2 is 2.00 bits per heavy atom. The van der Waals surface area contributed by atoms with Crippen LogP contribution in [0.5, 0.6) is 0 Å². The Morgan fingerprint density at radius 1 is 1.33 bits per heavy atom. The highest BCUT2D eigenvalue weighted by Gasteiger charge is 2.18. The number of anilines is 1. The fourth-order valence-electron chi connectivity index (χ4n) is 1.44. The molecular weight excluding hydrogens is 299 g/mol. The van der Waals surface area contributed by atoms with Crippen molar-refractivity contribution in [2.24, 2.45) is 0 Å². The van der Waals surface area contributed by atoms with E-state index >= 15 is 0 Å². The summed E-state index contributed by atoms with van der Waals surface area (Å²) in [6, 6.07) is 4.68. The minimum Gasteiger partial charge on any atom is -0.480 e. The SMILES string of the molecule is CC(=O)N[C@@H](CSCC(=O)Nc1ccccc1F)C(=O)O. The third-order valence-electron chi connectivity index (χ3n) is 2.34. The molecule has 0 aliphatic heterocycles. The molecule has 0 bridgehead atoms. The van der Waals surface area contributed by atoms with E-state index in [1.54, 1.807) is 6.07 Å². The zero-order valence-corrected chi connectivity index (χ0v) is 12.1. The molecule has 3 N–H and O–H groups in total.